The van der Waals surface area contributed by atoms with Crippen LogP contribution >= 0.6 is 0 Å². The van der Waals surface area contributed by atoms with E-state index in [9.17, 15) is 10.1 Å². The number of likely N-dealkylation sites (tertiary alicyclic amines) is 1. The number of nitro groups is 1. The number of aryl methyl sites for hydroxylation is 1. The van der Waals surface area contributed by atoms with E-state index in [1.54, 1.807) is 19.1 Å². The Labute approximate surface area is 113 Å². The van der Waals surface area contributed by atoms with E-state index >= 15 is 0 Å². The van der Waals surface area contributed by atoms with Gasteiger partial charge in [0.05, 0.1) is 4.92 Å². The minimum atomic E-state index is -0.299. The number of rotatable bonds is 4. The van der Waals surface area contributed by atoms with Gasteiger partial charge in [-0.2, -0.15) is 0 Å². The molecule has 0 aromatic heterocycles. The number of benzene rings is 1. The van der Waals surface area contributed by atoms with Gasteiger partial charge in [-0.3, -0.25) is 10.1 Å². The molecule has 1 aliphatic rings. The van der Waals surface area contributed by atoms with E-state index in [-0.39, 0.29) is 10.6 Å². The van der Waals surface area contributed by atoms with Crippen LogP contribution in [-0.4, -0.2) is 36.5 Å². The van der Waals surface area contributed by atoms with Crippen LogP contribution in [0.25, 0.3) is 0 Å². The van der Waals surface area contributed by atoms with Crippen LogP contribution in [0.5, 0.6) is 0 Å². The molecular weight excluding hydrogens is 242 g/mol. The zero-order chi connectivity index (χ0) is 13.8. The summed E-state index contributed by atoms with van der Waals surface area (Å²) in [6, 6.07) is 5.43. The number of anilines is 1. The van der Waals surface area contributed by atoms with Crippen LogP contribution < -0.4 is 5.32 Å². The maximum atomic E-state index is 11.1. The van der Waals surface area contributed by atoms with Gasteiger partial charge in [0.1, 0.15) is 5.69 Å². The average molecular weight is 263 g/mol. The van der Waals surface area contributed by atoms with Crippen molar-refractivity contribution in [2.24, 2.45) is 5.92 Å². The molecule has 1 saturated heterocycles. The Hall–Kier alpha value is -1.62. The van der Waals surface area contributed by atoms with E-state index in [0.29, 0.717) is 17.2 Å². The zero-order valence-corrected chi connectivity index (χ0v) is 11.6. The molecule has 0 radical (unpaired) electrons. The van der Waals surface area contributed by atoms with Crippen molar-refractivity contribution >= 4 is 11.4 Å². The van der Waals surface area contributed by atoms with E-state index in [4.69, 9.17) is 0 Å². The second kappa shape index (κ2) is 6.02. The molecule has 1 fully saturated rings. The first-order valence-electron chi connectivity index (χ1n) is 6.74. The lowest BCUT2D eigenvalue weighted by Gasteiger charge is -2.29. The van der Waals surface area contributed by atoms with Crippen LogP contribution in [0.1, 0.15) is 18.4 Å². The quantitative estimate of drug-likeness (QED) is 0.670. The summed E-state index contributed by atoms with van der Waals surface area (Å²) in [7, 11) is 2.13. The summed E-state index contributed by atoms with van der Waals surface area (Å²) >= 11 is 0. The highest BCUT2D eigenvalue weighted by Crippen LogP contribution is 2.28. The Morgan fingerprint density at radius 3 is 2.74 bits per heavy atom. The van der Waals surface area contributed by atoms with Crippen LogP contribution in [0, 0.1) is 23.0 Å². The summed E-state index contributed by atoms with van der Waals surface area (Å²) in [6.07, 6.45) is 2.31. The third-order valence-corrected chi connectivity index (χ3v) is 3.84. The SMILES string of the molecule is Cc1cccc(NCC2CCN(C)CC2)c1[N+](=O)[O-]. The van der Waals surface area contributed by atoms with Crippen molar-refractivity contribution in [3.63, 3.8) is 0 Å². The fourth-order valence-corrected chi connectivity index (χ4v) is 2.56. The molecule has 1 aromatic rings. The van der Waals surface area contributed by atoms with Gasteiger partial charge in [-0.1, -0.05) is 12.1 Å². The molecule has 1 aromatic carbocycles. The van der Waals surface area contributed by atoms with Gasteiger partial charge in [-0.25, -0.2) is 0 Å². The Morgan fingerprint density at radius 1 is 1.42 bits per heavy atom. The highest BCUT2D eigenvalue weighted by molar-refractivity contribution is 5.64. The Morgan fingerprint density at radius 2 is 2.11 bits per heavy atom. The summed E-state index contributed by atoms with van der Waals surface area (Å²) < 4.78 is 0. The van der Waals surface area contributed by atoms with Gasteiger partial charge in [-0.05, 0) is 51.9 Å². The molecule has 0 atom stereocenters. The molecule has 1 N–H and O–H groups in total. The van der Waals surface area contributed by atoms with Crippen molar-refractivity contribution < 1.29 is 4.92 Å². The largest absolute Gasteiger partial charge is 0.379 e. The van der Waals surface area contributed by atoms with Crippen molar-refractivity contribution in [3.8, 4) is 0 Å². The number of nitrogens with zero attached hydrogens (tertiary/aromatic N) is 2. The van der Waals surface area contributed by atoms with E-state index < -0.39 is 0 Å². The fraction of sp³-hybridized carbons (Fsp3) is 0.571. The molecular formula is C14H21N3O2. The summed E-state index contributed by atoms with van der Waals surface area (Å²) in [5, 5.41) is 14.4. The first-order chi connectivity index (χ1) is 9.08. The van der Waals surface area contributed by atoms with Gasteiger partial charge >= 0.3 is 0 Å². The molecule has 0 amide bonds. The molecule has 5 nitrogen and oxygen atoms in total. The predicted octanol–water partition coefficient (Wildman–Crippen LogP) is 2.66. The highest BCUT2D eigenvalue weighted by Gasteiger charge is 2.20. The van der Waals surface area contributed by atoms with E-state index in [1.165, 1.54) is 0 Å². The lowest BCUT2D eigenvalue weighted by molar-refractivity contribution is -0.384. The maximum absolute atomic E-state index is 11.1. The molecule has 0 bridgehead atoms. The van der Waals surface area contributed by atoms with Crippen LogP contribution in [0.3, 0.4) is 0 Å². The second-order valence-corrected chi connectivity index (χ2v) is 5.36. The van der Waals surface area contributed by atoms with Crippen molar-refractivity contribution in [2.75, 3.05) is 32.0 Å². The van der Waals surface area contributed by atoms with Crippen molar-refractivity contribution in [1.29, 1.82) is 0 Å². The molecule has 5 heteroatoms. The molecule has 1 heterocycles. The summed E-state index contributed by atoms with van der Waals surface area (Å²) in [6.45, 7) is 4.82. The zero-order valence-electron chi connectivity index (χ0n) is 11.6. The third-order valence-electron chi connectivity index (χ3n) is 3.84. The summed E-state index contributed by atoms with van der Waals surface area (Å²) in [5.74, 6) is 0.608. The summed E-state index contributed by atoms with van der Waals surface area (Å²) in [4.78, 5) is 13.1. The number of hydrogen-bond donors (Lipinski definition) is 1. The number of para-hydroxylation sites is 1. The van der Waals surface area contributed by atoms with Gasteiger partial charge in [0, 0.05) is 12.1 Å². The lowest BCUT2D eigenvalue weighted by atomic mass is 9.97. The lowest BCUT2D eigenvalue weighted by Crippen LogP contribution is -2.33. The van der Waals surface area contributed by atoms with Gasteiger partial charge in [0.15, 0.2) is 0 Å². The van der Waals surface area contributed by atoms with Gasteiger partial charge < -0.3 is 10.2 Å². The van der Waals surface area contributed by atoms with Crippen molar-refractivity contribution in [3.05, 3.63) is 33.9 Å². The molecule has 0 spiro atoms. The average Bonchev–Trinajstić information content (AvgIpc) is 2.37. The maximum Gasteiger partial charge on any atom is 0.295 e. The first kappa shape index (κ1) is 13.8. The van der Waals surface area contributed by atoms with Gasteiger partial charge in [0.25, 0.3) is 5.69 Å². The Kier molecular flexibility index (Phi) is 4.37. The second-order valence-electron chi connectivity index (χ2n) is 5.36. The molecule has 0 saturated carbocycles. The topological polar surface area (TPSA) is 58.4 Å². The van der Waals surface area contributed by atoms with Crippen LogP contribution in [-0.2, 0) is 0 Å². The third kappa shape index (κ3) is 3.44. The molecule has 19 heavy (non-hydrogen) atoms. The van der Waals surface area contributed by atoms with E-state index in [2.05, 4.69) is 17.3 Å². The van der Waals surface area contributed by atoms with Crippen LogP contribution in [0.2, 0.25) is 0 Å². The minimum absolute atomic E-state index is 0.204. The standard InChI is InChI=1S/C14H21N3O2/c1-11-4-3-5-13(14(11)17(18)19)15-10-12-6-8-16(2)9-7-12/h3-5,12,15H,6-10H2,1-2H3. The normalized spacial score (nSPS) is 17.4. The monoisotopic (exact) mass is 263 g/mol. The van der Waals surface area contributed by atoms with E-state index in [1.807, 2.05) is 6.07 Å². The van der Waals surface area contributed by atoms with E-state index in [0.717, 1.165) is 32.5 Å². The Bertz CT molecular complexity index is 454. The van der Waals surface area contributed by atoms with Gasteiger partial charge in [-0.15, -0.1) is 0 Å². The van der Waals surface area contributed by atoms with Crippen LogP contribution in [0.4, 0.5) is 11.4 Å². The van der Waals surface area contributed by atoms with Gasteiger partial charge in [0.2, 0.25) is 0 Å². The first-order valence-corrected chi connectivity index (χ1v) is 6.74. The number of nitrogens with one attached hydrogen (secondary N) is 1. The smallest absolute Gasteiger partial charge is 0.295 e. The molecule has 0 aliphatic carbocycles. The summed E-state index contributed by atoms with van der Waals surface area (Å²) in [5.41, 5.74) is 1.55. The Balaban J connectivity index is 2.00. The predicted molar refractivity (Wildman–Crippen MR) is 76.5 cm³/mol. The number of piperidine rings is 1. The van der Waals surface area contributed by atoms with Crippen molar-refractivity contribution in [2.45, 2.75) is 19.8 Å². The molecule has 2 rings (SSSR count). The molecule has 104 valence electrons. The molecule has 1 aliphatic heterocycles. The molecule has 0 unspecified atom stereocenters. The van der Waals surface area contributed by atoms with Crippen LogP contribution in [0.15, 0.2) is 18.2 Å². The van der Waals surface area contributed by atoms with Crippen molar-refractivity contribution in [1.82, 2.24) is 4.90 Å². The highest BCUT2D eigenvalue weighted by atomic mass is 16.6. The minimum Gasteiger partial charge on any atom is -0.379 e. The fourth-order valence-electron chi connectivity index (χ4n) is 2.56. The number of hydrogen-bond acceptors (Lipinski definition) is 4. The number of nitro benzene ring substituents is 1.